The van der Waals surface area contributed by atoms with Gasteiger partial charge in [0.1, 0.15) is 18.0 Å². The predicted molar refractivity (Wildman–Crippen MR) is 63.8 cm³/mol. The van der Waals surface area contributed by atoms with Gasteiger partial charge in [-0.1, -0.05) is 27.2 Å². The first-order valence-corrected chi connectivity index (χ1v) is 5.52. The minimum Gasteiger partial charge on any atom is -0.383 e. The fourth-order valence-corrected chi connectivity index (χ4v) is 1.34. The largest absolute Gasteiger partial charge is 0.383 e. The van der Waals surface area contributed by atoms with Crippen molar-refractivity contribution in [3.8, 4) is 0 Å². The van der Waals surface area contributed by atoms with Gasteiger partial charge in [0.15, 0.2) is 0 Å². The molecular weight excluding hydrogens is 188 g/mol. The standard InChI is InChI=1S/C11H20N4/c1-4-8(3)6-13-11-9(5-2)10(12)14-7-15-11/h7-8H,4-6H2,1-3H3,(H3,12,13,14,15). The molecule has 1 unspecified atom stereocenters. The molecule has 1 heterocycles. The second-order valence-corrected chi connectivity index (χ2v) is 3.83. The Bertz CT molecular complexity index is 311. The highest BCUT2D eigenvalue weighted by atomic mass is 15.0. The van der Waals surface area contributed by atoms with E-state index >= 15 is 0 Å². The number of nitrogens with zero attached hydrogens (tertiary/aromatic N) is 2. The van der Waals surface area contributed by atoms with Crippen LogP contribution in [-0.4, -0.2) is 16.5 Å². The number of rotatable bonds is 5. The van der Waals surface area contributed by atoms with Crippen LogP contribution < -0.4 is 11.1 Å². The van der Waals surface area contributed by atoms with Crippen LogP contribution >= 0.6 is 0 Å². The Morgan fingerprint density at radius 2 is 2.13 bits per heavy atom. The maximum Gasteiger partial charge on any atom is 0.134 e. The zero-order valence-corrected chi connectivity index (χ0v) is 9.75. The average Bonchev–Trinajstić information content (AvgIpc) is 2.25. The number of hydrogen-bond acceptors (Lipinski definition) is 4. The van der Waals surface area contributed by atoms with Crippen molar-refractivity contribution in [2.75, 3.05) is 17.6 Å². The van der Waals surface area contributed by atoms with Crippen LogP contribution in [0.2, 0.25) is 0 Å². The lowest BCUT2D eigenvalue weighted by Gasteiger charge is -2.13. The first-order chi connectivity index (χ1) is 7.19. The summed E-state index contributed by atoms with van der Waals surface area (Å²) in [5.74, 6) is 2.11. The SMILES string of the molecule is CCc1c(N)ncnc1NCC(C)CC. The zero-order chi connectivity index (χ0) is 11.3. The molecule has 3 N–H and O–H groups in total. The molecule has 0 amide bonds. The van der Waals surface area contributed by atoms with E-state index in [1.807, 2.05) is 0 Å². The van der Waals surface area contributed by atoms with Gasteiger partial charge in [0.25, 0.3) is 0 Å². The molecule has 1 aromatic rings. The number of aromatic nitrogens is 2. The molecule has 4 heteroatoms. The van der Waals surface area contributed by atoms with Crippen LogP contribution in [-0.2, 0) is 6.42 Å². The first-order valence-electron chi connectivity index (χ1n) is 5.52. The molecule has 1 aromatic heterocycles. The van der Waals surface area contributed by atoms with Crippen molar-refractivity contribution >= 4 is 11.6 Å². The molecule has 0 aliphatic heterocycles. The fraction of sp³-hybridized carbons (Fsp3) is 0.636. The average molecular weight is 208 g/mol. The minimum absolute atomic E-state index is 0.583. The summed E-state index contributed by atoms with van der Waals surface area (Å²) in [5, 5.41) is 3.32. The fourth-order valence-electron chi connectivity index (χ4n) is 1.34. The van der Waals surface area contributed by atoms with E-state index in [0.29, 0.717) is 11.7 Å². The van der Waals surface area contributed by atoms with Crippen LogP contribution in [0.25, 0.3) is 0 Å². The molecule has 0 fully saturated rings. The number of anilines is 2. The topological polar surface area (TPSA) is 63.8 Å². The van der Waals surface area contributed by atoms with Gasteiger partial charge in [-0.05, 0) is 12.3 Å². The highest BCUT2D eigenvalue weighted by Crippen LogP contribution is 2.17. The zero-order valence-electron chi connectivity index (χ0n) is 9.75. The second-order valence-electron chi connectivity index (χ2n) is 3.83. The minimum atomic E-state index is 0.583. The van der Waals surface area contributed by atoms with Crippen LogP contribution in [0.4, 0.5) is 11.6 Å². The Kier molecular flexibility index (Phi) is 4.34. The number of nitrogens with one attached hydrogen (secondary N) is 1. The van der Waals surface area contributed by atoms with E-state index in [-0.39, 0.29) is 0 Å². The number of nitrogens with two attached hydrogens (primary N) is 1. The van der Waals surface area contributed by atoms with Gasteiger partial charge >= 0.3 is 0 Å². The van der Waals surface area contributed by atoms with E-state index in [2.05, 4.69) is 36.1 Å². The van der Waals surface area contributed by atoms with Crippen LogP contribution in [0, 0.1) is 5.92 Å². The van der Waals surface area contributed by atoms with Crippen LogP contribution in [0.15, 0.2) is 6.33 Å². The molecular formula is C11H20N4. The number of hydrogen-bond donors (Lipinski definition) is 2. The maximum atomic E-state index is 5.78. The van der Waals surface area contributed by atoms with E-state index in [0.717, 1.165) is 30.8 Å². The summed E-state index contributed by atoms with van der Waals surface area (Å²) < 4.78 is 0. The monoisotopic (exact) mass is 208 g/mol. The van der Waals surface area contributed by atoms with Crippen molar-refractivity contribution in [1.29, 1.82) is 0 Å². The van der Waals surface area contributed by atoms with Crippen molar-refractivity contribution in [1.82, 2.24) is 9.97 Å². The molecule has 0 saturated heterocycles. The van der Waals surface area contributed by atoms with Gasteiger partial charge in [-0.25, -0.2) is 9.97 Å². The molecule has 0 aliphatic carbocycles. The van der Waals surface area contributed by atoms with E-state index in [1.165, 1.54) is 6.33 Å². The Hall–Kier alpha value is -1.32. The first kappa shape index (κ1) is 11.8. The number of nitrogen functional groups attached to an aromatic ring is 1. The van der Waals surface area contributed by atoms with Gasteiger partial charge in [-0.15, -0.1) is 0 Å². The molecule has 0 bridgehead atoms. The van der Waals surface area contributed by atoms with Crippen LogP contribution in [0.3, 0.4) is 0 Å². The maximum absolute atomic E-state index is 5.78. The molecule has 0 aliphatic rings. The molecule has 0 saturated carbocycles. The summed E-state index contributed by atoms with van der Waals surface area (Å²) in [6, 6.07) is 0. The summed E-state index contributed by atoms with van der Waals surface area (Å²) in [6.45, 7) is 7.38. The van der Waals surface area contributed by atoms with E-state index in [1.54, 1.807) is 0 Å². The van der Waals surface area contributed by atoms with Crippen LogP contribution in [0.5, 0.6) is 0 Å². The van der Waals surface area contributed by atoms with Gasteiger partial charge < -0.3 is 11.1 Å². The summed E-state index contributed by atoms with van der Waals surface area (Å²) in [6.07, 6.45) is 3.53. The molecule has 0 aromatic carbocycles. The predicted octanol–water partition coefficient (Wildman–Crippen LogP) is 2.08. The quantitative estimate of drug-likeness (QED) is 0.777. The second kappa shape index (κ2) is 5.53. The molecule has 1 atom stereocenters. The summed E-state index contributed by atoms with van der Waals surface area (Å²) >= 11 is 0. The molecule has 4 nitrogen and oxygen atoms in total. The van der Waals surface area contributed by atoms with Gasteiger partial charge in [0, 0.05) is 12.1 Å². The molecule has 0 spiro atoms. The van der Waals surface area contributed by atoms with Crippen molar-refractivity contribution < 1.29 is 0 Å². The molecule has 15 heavy (non-hydrogen) atoms. The lowest BCUT2D eigenvalue weighted by molar-refractivity contribution is 0.592. The van der Waals surface area contributed by atoms with Crippen molar-refractivity contribution in [2.45, 2.75) is 33.6 Å². The van der Waals surface area contributed by atoms with Gasteiger partial charge in [-0.2, -0.15) is 0 Å². The highest BCUT2D eigenvalue weighted by Gasteiger charge is 2.07. The summed E-state index contributed by atoms with van der Waals surface area (Å²) in [5.41, 5.74) is 6.79. The molecule has 84 valence electrons. The third kappa shape index (κ3) is 3.08. The lowest BCUT2D eigenvalue weighted by atomic mass is 10.1. The third-order valence-electron chi connectivity index (χ3n) is 2.65. The van der Waals surface area contributed by atoms with Crippen molar-refractivity contribution in [3.05, 3.63) is 11.9 Å². The Labute approximate surface area is 91.3 Å². The summed E-state index contributed by atoms with van der Waals surface area (Å²) in [7, 11) is 0. The smallest absolute Gasteiger partial charge is 0.134 e. The lowest BCUT2D eigenvalue weighted by Crippen LogP contribution is -2.14. The molecule has 1 rings (SSSR count). The van der Waals surface area contributed by atoms with Gasteiger partial charge in [-0.3, -0.25) is 0 Å². The van der Waals surface area contributed by atoms with Crippen molar-refractivity contribution in [3.63, 3.8) is 0 Å². The summed E-state index contributed by atoms with van der Waals surface area (Å²) in [4.78, 5) is 8.20. The van der Waals surface area contributed by atoms with E-state index < -0.39 is 0 Å². The highest BCUT2D eigenvalue weighted by molar-refractivity contribution is 5.54. The van der Waals surface area contributed by atoms with Gasteiger partial charge in [0.05, 0.1) is 0 Å². The normalized spacial score (nSPS) is 12.5. The molecule has 0 radical (unpaired) electrons. The van der Waals surface area contributed by atoms with Crippen LogP contribution in [0.1, 0.15) is 32.8 Å². The Balaban J connectivity index is 2.72. The van der Waals surface area contributed by atoms with E-state index in [9.17, 15) is 0 Å². The van der Waals surface area contributed by atoms with Crippen molar-refractivity contribution in [2.24, 2.45) is 5.92 Å². The Morgan fingerprint density at radius 3 is 2.73 bits per heavy atom. The van der Waals surface area contributed by atoms with Gasteiger partial charge in [0.2, 0.25) is 0 Å². The third-order valence-corrected chi connectivity index (χ3v) is 2.65. The van der Waals surface area contributed by atoms with E-state index in [4.69, 9.17) is 5.73 Å². The Morgan fingerprint density at radius 1 is 1.40 bits per heavy atom.